The molecule has 3 heterocycles. The maximum Gasteiger partial charge on any atom is 0.255 e. The quantitative estimate of drug-likeness (QED) is 0.411. The number of rotatable bonds is 6. The molecule has 1 unspecified atom stereocenters. The first-order chi connectivity index (χ1) is 17.5. The van der Waals surface area contributed by atoms with Gasteiger partial charge in [-0.3, -0.25) is 19.2 Å². The molecule has 0 amide bonds. The van der Waals surface area contributed by atoms with Gasteiger partial charge >= 0.3 is 0 Å². The van der Waals surface area contributed by atoms with E-state index in [1.54, 1.807) is 43.3 Å². The Balaban J connectivity index is 1.53. The Labute approximate surface area is 209 Å². The molecule has 7 nitrogen and oxygen atoms in total. The molecule has 1 fully saturated rings. The molecular weight excluding hydrogens is 457 g/mol. The van der Waals surface area contributed by atoms with E-state index in [-0.39, 0.29) is 17.4 Å². The van der Waals surface area contributed by atoms with E-state index in [1.165, 1.54) is 17.7 Å². The van der Waals surface area contributed by atoms with E-state index < -0.39 is 0 Å². The van der Waals surface area contributed by atoms with Gasteiger partial charge in [-0.15, -0.1) is 0 Å². The van der Waals surface area contributed by atoms with Crippen molar-refractivity contribution in [3.05, 3.63) is 106 Å². The molecule has 8 heteroatoms. The van der Waals surface area contributed by atoms with Gasteiger partial charge in [-0.05, 0) is 23.8 Å². The molecule has 1 saturated heterocycles. The minimum Gasteiger partial charge on any atom is -0.496 e. The fourth-order valence-corrected chi connectivity index (χ4v) is 4.75. The lowest BCUT2D eigenvalue weighted by atomic mass is 10.00. The minimum atomic E-state index is -0.341. The van der Waals surface area contributed by atoms with Crippen molar-refractivity contribution in [2.75, 3.05) is 31.6 Å². The minimum absolute atomic E-state index is 0.101. The number of benzene rings is 2. The van der Waals surface area contributed by atoms with Crippen molar-refractivity contribution in [3.8, 4) is 17.0 Å². The van der Waals surface area contributed by atoms with Gasteiger partial charge in [-0.1, -0.05) is 36.4 Å². The largest absolute Gasteiger partial charge is 0.496 e. The highest BCUT2D eigenvalue weighted by Gasteiger charge is 2.32. The van der Waals surface area contributed by atoms with Crippen LogP contribution in [0, 0.1) is 5.82 Å². The number of ether oxygens (including phenoxy) is 1. The van der Waals surface area contributed by atoms with Crippen LogP contribution < -0.4 is 15.2 Å². The molecule has 2 aromatic carbocycles. The molecule has 4 aromatic rings. The monoisotopic (exact) mass is 485 g/mol. The zero-order chi connectivity index (χ0) is 25.1. The summed E-state index contributed by atoms with van der Waals surface area (Å²) in [6, 6.07) is 20.1. The third-order valence-electron chi connectivity index (χ3n) is 6.64. The van der Waals surface area contributed by atoms with E-state index in [9.17, 15) is 9.18 Å². The molecule has 0 aliphatic carbocycles. The highest BCUT2D eigenvalue weighted by molar-refractivity contribution is 5.59. The van der Waals surface area contributed by atoms with Crippen molar-refractivity contribution in [1.29, 1.82) is 0 Å². The Morgan fingerprint density at radius 2 is 1.81 bits per heavy atom. The second-order valence-electron chi connectivity index (χ2n) is 8.88. The van der Waals surface area contributed by atoms with Crippen molar-refractivity contribution >= 4 is 5.95 Å². The van der Waals surface area contributed by atoms with E-state index in [1.807, 2.05) is 30.3 Å². The van der Waals surface area contributed by atoms with Gasteiger partial charge in [0.2, 0.25) is 5.95 Å². The van der Waals surface area contributed by atoms with Crippen LogP contribution in [0.2, 0.25) is 0 Å². The highest BCUT2D eigenvalue weighted by atomic mass is 19.1. The van der Waals surface area contributed by atoms with Crippen LogP contribution in [0.3, 0.4) is 0 Å². The van der Waals surface area contributed by atoms with Crippen molar-refractivity contribution in [3.63, 3.8) is 0 Å². The van der Waals surface area contributed by atoms with Gasteiger partial charge in [0.15, 0.2) is 0 Å². The fourth-order valence-electron chi connectivity index (χ4n) is 4.75. The first-order valence-corrected chi connectivity index (χ1v) is 11.9. The molecule has 0 saturated carbocycles. The van der Waals surface area contributed by atoms with Crippen LogP contribution in [0.4, 0.5) is 10.3 Å². The number of halogens is 1. The summed E-state index contributed by atoms with van der Waals surface area (Å²) in [5, 5.41) is 0. The summed E-state index contributed by atoms with van der Waals surface area (Å²) in [6.07, 6.45) is 3.38. The lowest BCUT2D eigenvalue weighted by Crippen LogP contribution is -2.49. The van der Waals surface area contributed by atoms with E-state index in [2.05, 4.69) is 26.9 Å². The Hall–Kier alpha value is -4.04. The van der Waals surface area contributed by atoms with Crippen LogP contribution in [0.25, 0.3) is 11.3 Å². The fraction of sp³-hybridized carbons (Fsp3) is 0.250. The van der Waals surface area contributed by atoms with Gasteiger partial charge < -0.3 is 9.64 Å². The second-order valence-corrected chi connectivity index (χ2v) is 8.88. The summed E-state index contributed by atoms with van der Waals surface area (Å²) < 4.78 is 21.2. The summed E-state index contributed by atoms with van der Waals surface area (Å²) in [7, 11) is 3.30. The van der Waals surface area contributed by atoms with Gasteiger partial charge in [0.05, 0.1) is 18.8 Å². The molecule has 2 aromatic heterocycles. The third kappa shape index (κ3) is 4.85. The lowest BCUT2D eigenvalue weighted by molar-refractivity contribution is 0.164. The number of aromatic nitrogens is 3. The summed E-state index contributed by atoms with van der Waals surface area (Å²) in [4.78, 5) is 26.3. The van der Waals surface area contributed by atoms with Crippen LogP contribution in [0.15, 0.2) is 83.9 Å². The number of pyridine rings is 1. The van der Waals surface area contributed by atoms with Crippen LogP contribution >= 0.6 is 0 Å². The van der Waals surface area contributed by atoms with Gasteiger partial charge in [0.1, 0.15) is 11.6 Å². The van der Waals surface area contributed by atoms with Crippen LogP contribution in [-0.2, 0) is 13.6 Å². The number of nitrogens with zero attached hydrogens (tertiary/aromatic N) is 5. The average molecular weight is 486 g/mol. The number of hydrogen-bond acceptors (Lipinski definition) is 6. The first-order valence-electron chi connectivity index (χ1n) is 11.9. The molecule has 1 atom stereocenters. The van der Waals surface area contributed by atoms with Crippen molar-refractivity contribution < 1.29 is 9.13 Å². The van der Waals surface area contributed by atoms with Gasteiger partial charge in [-0.25, -0.2) is 9.37 Å². The molecule has 0 N–H and O–H groups in total. The molecule has 1 aliphatic heterocycles. The second kappa shape index (κ2) is 10.3. The summed E-state index contributed by atoms with van der Waals surface area (Å²) in [6.45, 7) is 2.72. The van der Waals surface area contributed by atoms with E-state index >= 15 is 0 Å². The molecule has 0 spiro atoms. The molecule has 1 aliphatic rings. The molecule has 0 bridgehead atoms. The highest BCUT2D eigenvalue weighted by Crippen LogP contribution is 2.35. The predicted octanol–water partition coefficient (Wildman–Crippen LogP) is 4.05. The molecule has 0 radical (unpaired) electrons. The smallest absolute Gasteiger partial charge is 0.255 e. The Morgan fingerprint density at radius 1 is 1.03 bits per heavy atom. The number of anilines is 1. The number of methoxy groups -OCH3 is 1. The number of hydrogen-bond donors (Lipinski definition) is 0. The summed E-state index contributed by atoms with van der Waals surface area (Å²) in [5.74, 6) is 0.763. The predicted molar refractivity (Wildman–Crippen MR) is 137 cm³/mol. The average Bonchev–Trinajstić information content (AvgIpc) is 2.91. The van der Waals surface area contributed by atoms with Crippen LogP contribution in [-0.4, -0.2) is 46.2 Å². The SMILES string of the molecule is COc1cc(F)ccc1C1CN(c2nc(-c3ccncc3)cc(=O)n2C)CCN1Cc1ccccc1. The van der Waals surface area contributed by atoms with Crippen LogP contribution in [0.5, 0.6) is 5.75 Å². The third-order valence-corrected chi connectivity index (χ3v) is 6.64. The maximum absolute atomic E-state index is 14.0. The van der Waals surface area contributed by atoms with Crippen molar-refractivity contribution in [2.45, 2.75) is 12.6 Å². The standard InChI is InChI=1S/C28H28FN5O2/c1-32-27(35)17-24(21-10-12-30-13-11-21)31-28(32)34-15-14-33(18-20-6-4-3-5-7-20)25(19-34)23-9-8-22(29)16-26(23)36-2/h3-13,16-17,25H,14-15,18-19H2,1-2H3. The maximum atomic E-state index is 14.0. The molecular formula is C28H28FN5O2. The molecule has 36 heavy (non-hydrogen) atoms. The van der Waals surface area contributed by atoms with Gasteiger partial charge in [0, 0.05) is 68.9 Å². The molecule has 184 valence electrons. The first kappa shape index (κ1) is 23.7. The topological polar surface area (TPSA) is 63.5 Å². The van der Waals surface area contributed by atoms with Gasteiger partial charge in [0.25, 0.3) is 5.56 Å². The zero-order valence-corrected chi connectivity index (χ0v) is 20.3. The van der Waals surface area contributed by atoms with Crippen molar-refractivity contribution in [2.24, 2.45) is 7.05 Å². The molecule has 5 rings (SSSR count). The van der Waals surface area contributed by atoms with Crippen LogP contribution in [0.1, 0.15) is 17.2 Å². The van der Waals surface area contributed by atoms with Crippen molar-refractivity contribution in [1.82, 2.24) is 19.4 Å². The number of piperazine rings is 1. The van der Waals surface area contributed by atoms with E-state index in [0.29, 0.717) is 30.5 Å². The Bertz CT molecular complexity index is 1390. The van der Waals surface area contributed by atoms with Gasteiger partial charge in [-0.2, -0.15) is 0 Å². The lowest BCUT2D eigenvalue weighted by Gasteiger charge is -2.42. The van der Waals surface area contributed by atoms with E-state index in [0.717, 1.165) is 24.2 Å². The van der Waals surface area contributed by atoms with E-state index in [4.69, 9.17) is 9.72 Å². The Morgan fingerprint density at radius 3 is 2.56 bits per heavy atom. The normalized spacial score (nSPS) is 16.2. The summed E-state index contributed by atoms with van der Waals surface area (Å²) >= 11 is 0. The summed E-state index contributed by atoms with van der Waals surface area (Å²) in [5.41, 5.74) is 3.41. The zero-order valence-electron chi connectivity index (χ0n) is 20.3. The Kier molecular flexibility index (Phi) is 6.77.